The van der Waals surface area contributed by atoms with Crippen molar-refractivity contribution < 1.29 is 17.9 Å². The average molecular weight is 398 g/mol. The summed E-state index contributed by atoms with van der Waals surface area (Å²) in [6.45, 7) is 0. The lowest BCUT2D eigenvalue weighted by atomic mass is 10.4. The Morgan fingerprint density at radius 3 is 2.48 bits per heavy atom. The molecule has 0 fully saturated rings. The van der Waals surface area contributed by atoms with Crippen LogP contribution in [0.2, 0.25) is 0 Å². The monoisotopic (exact) mass is 397 g/mol. The fraction of sp³-hybridized carbons (Fsp3) is 0.0667. The van der Waals surface area contributed by atoms with Crippen LogP contribution in [-0.4, -0.2) is 31.0 Å². The number of hydrogen-bond acceptors (Lipinski definition) is 6. The number of methoxy groups -OCH3 is 1. The molecule has 3 aromatic rings. The molecule has 0 aliphatic carbocycles. The van der Waals surface area contributed by atoms with Crippen LogP contribution in [0.25, 0.3) is 5.65 Å². The Kier molecular flexibility index (Phi) is 4.89. The van der Waals surface area contributed by atoms with Gasteiger partial charge in [-0.15, -0.1) is 0 Å². The third kappa shape index (κ3) is 4.25. The van der Waals surface area contributed by atoms with Gasteiger partial charge in [0, 0.05) is 26.7 Å². The Hall–Kier alpha value is -2.23. The summed E-state index contributed by atoms with van der Waals surface area (Å²) in [5, 5.41) is 2.50. The van der Waals surface area contributed by atoms with E-state index in [2.05, 4.69) is 15.0 Å². The number of aromatic nitrogens is 2. The van der Waals surface area contributed by atoms with Gasteiger partial charge >= 0.3 is 6.09 Å². The van der Waals surface area contributed by atoms with E-state index in [0.717, 1.165) is 9.79 Å². The molecule has 3 rings (SSSR count). The molecule has 1 aromatic carbocycles. The molecule has 10 heteroatoms. The summed E-state index contributed by atoms with van der Waals surface area (Å²) in [5.74, 6) is 0.380. The molecule has 0 bridgehead atoms. The second-order valence-electron chi connectivity index (χ2n) is 4.88. The Morgan fingerprint density at radius 2 is 1.84 bits per heavy atom. The second-order valence-corrected chi connectivity index (χ2v) is 8.60. The number of imidazole rings is 1. The fourth-order valence-electron chi connectivity index (χ4n) is 2.05. The topological polar surface area (TPSA) is 89.8 Å². The van der Waals surface area contributed by atoms with Crippen LogP contribution < -0.4 is 5.32 Å². The van der Waals surface area contributed by atoms with E-state index in [0.29, 0.717) is 11.5 Å². The maximum atomic E-state index is 11.3. The molecule has 0 saturated carbocycles. The predicted molar refractivity (Wildman–Crippen MR) is 94.8 cm³/mol. The van der Waals surface area contributed by atoms with Crippen molar-refractivity contribution in [3.63, 3.8) is 0 Å². The van der Waals surface area contributed by atoms with Gasteiger partial charge < -0.3 is 9.14 Å². The zero-order valence-electron chi connectivity index (χ0n) is 12.8. The molecule has 25 heavy (non-hydrogen) atoms. The number of pyridine rings is 1. The van der Waals surface area contributed by atoms with Gasteiger partial charge in [0.25, 0.3) is 9.05 Å². The molecule has 0 atom stereocenters. The number of halogens is 1. The zero-order chi connectivity index (χ0) is 18.0. The molecule has 0 aliphatic rings. The van der Waals surface area contributed by atoms with Gasteiger partial charge in [0.2, 0.25) is 0 Å². The van der Waals surface area contributed by atoms with Gasteiger partial charge in [0.05, 0.1) is 18.2 Å². The predicted octanol–water partition coefficient (Wildman–Crippen LogP) is 3.59. The fourth-order valence-corrected chi connectivity index (χ4v) is 3.67. The molecule has 0 unspecified atom stereocenters. The first-order valence-corrected chi connectivity index (χ1v) is 10.0. The molecule has 2 aromatic heterocycles. The number of carbonyl (C=O) groups excluding carboxylic acids is 1. The van der Waals surface area contributed by atoms with Gasteiger partial charge in [-0.25, -0.2) is 18.2 Å². The summed E-state index contributed by atoms with van der Waals surface area (Å²) in [6, 6.07) is 9.96. The SMILES string of the molecule is COC(=O)Nc1cn2cc(Sc3ccc(S(=O)(=O)Cl)cc3)ccc2n1. The maximum absolute atomic E-state index is 11.3. The highest BCUT2D eigenvalue weighted by Gasteiger charge is 2.10. The summed E-state index contributed by atoms with van der Waals surface area (Å²) in [4.78, 5) is 17.3. The number of anilines is 1. The second kappa shape index (κ2) is 6.95. The van der Waals surface area contributed by atoms with Crippen molar-refractivity contribution in [3.05, 3.63) is 48.8 Å². The zero-order valence-corrected chi connectivity index (χ0v) is 15.2. The highest BCUT2D eigenvalue weighted by molar-refractivity contribution is 8.13. The van der Waals surface area contributed by atoms with Gasteiger partial charge in [-0.05, 0) is 36.4 Å². The number of nitrogens with zero attached hydrogens (tertiary/aromatic N) is 2. The van der Waals surface area contributed by atoms with Crippen LogP contribution in [0.15, 0.2) is 63.5 Å². The smallest absolute Gasteiger partial charge is 0.412 e. The quantitative estimate of drug-likeness (QED) is 0.676. The first kappa shape index (κ1) is 17.6. The van der Waals surface area contributed by atoms with Crippen LogP contribution in [0.1, 0.15) is 0 Å². The van der Waals surface area contributed by atoms with Crippen molar-refractivity contribution in [3.8, 4) is 0 Å². The number of benzene rings is 1. The van der Waals surface area contributed by atoms with E-state index in [1.165, 1.54) is 31.0 Å². The summed E-state index contributed by atoms with van der Waals surface area (Å²) >= 11 is 1.45. The standard InChI is InChI=1S/C15H12ClN3O4S2/c1-23-15(20)18-13-9-19-8-11(4-7-14(19)17-13)24-10-2-5-12(6-3-10)25(16,21)22/h2-9H,1H3,(H,18,20). The first-order valence-electron chi connectivity index (χ1n) is 6.91. The summed E-state index contributed by atoms with van der Waals surface area (Å²) in [7, 11) is 2.86. The number of fused-ring (bicyclic) bond motifs is 1. The summed E-state index contributed by atoms with van der Waals surface area (Å²) < 4.78 is 28.8. The number of amides is 1. The number of carbonyl (C=O) groups is 1. The van der Waals surface area contributed by atoms with Crippen molar-refractivity contribution in [2.24, 2.45) is 0 Å². The van der Waals surface area contributed by atoms with Crippen LogP contribution in [0, 0.1) is 0 Å². The first-order chi connectivity index (χ1) is 11.8. The van der Waals surface area contributed by atoms with Gasteiger partial charge in [-0.2, -0.15) is 0 Å². The normalized spacial score (nSPS) is 11.4. The number of hydrogen-bond donors (Lipinski definition) is 1. The maximum Gasteiger partial charge on any atom is 0.412 e. The van der Waals surface area contributed by atoms with Crippen molar-refractivity contribution in [2.45, 2.75) is 14.7 Å². The summed E-state index contributed by atoms with van der Waals surface area (Å²) in [5.41, 5.74) is 0.666. The molecule has 0 saturated heterocycles. The third-order valence-electron chi connectivity index (χ3n) is 3.18. The van der Waals surface area contributed by atoms with Gasteiger partial charge in [0.1, 0.15) is 5.65 Å². The number of nitrogens with one attached hydrogen (secondary N) is 1. The molecule has 0 aliphatic heterocycles. The lowest BCUT2D eigenvalue weighted by molar-refractivity contribution is 0.187. The van der Waals surface area contributed by atoms with E-state index in [1.54, 1.807) is 22.7 Å². The Bertz CT molecular complexity index is 1030. The molecular formula is C15H12ClN3O4S2. The van der Waals surface area contributed by atoms with Crippen molar-refractivity contribution in [1.82, 2.24) is 9.38 Å². The largest absolute Gasteiger partial charge is 0.453 e. The van der Waals surface area contributed by atoms with Crippen molar-refractivity contribution in [2.75, 3.05) is 12.4 Å². The van der Waals surface area contributed by atoms with Crippen LogP contribution in [0.5, 0.6) is 0 Å². The van der Waals surface area contributed by atoms with E-state index < -0.39 is 15.1 Å². The van der Waals surface area contributed by atoms with E-state index in [1.807, 2.05) is 18.3 Å². The number of rotatable bonds is 4. The summed E-state index contributed by atoms with van der Waals surface area (Å²) in [6.07, 6.45) is 2.92. The molecule has 7 nitrogen and oxygen atoms in total. The lowest BCUT2D eigenvalue weighted by Crippen LogP contribution is -2.10. The Balaban J connectivity index is 1.81. The molecule has 1 amide bonds. The third-order valence-corrected chi connectivity index (χ3v) is 5.54. The average Bonchev–Trinajstić information content (AvgIpc) is 2.95. The van der Waals surface area contributed by atoms with E-state index in [4.69, 9.17) is 10.7 Å². The minimum Gasteiger partial charge on any atom is -0.453 e. The van der Waals surface area contributed by atoms with E-state index in [-0.39, 0.29) is 4.90 Å². The lowest BCUT2D eigenvalue weighted by Gasteiger charge is -2.03. The van der Waals surface area contributed by atoms with Gasteiger partial charge in [0.15, 0.2) is 5.82 Å². The van der Waals surface area contributed by atoms with Crippen LogP contribution in [-0.2, 0) is 13.8 Å². The van der Waals surface area contributed by atoms with Crippen LogP contribution in [0.3, 0.4) is 0 Å². The molecular weight excluding hydrogens is 386 g/mol. The molecule has 2 heterocycles. The molecule has 0 spiro atoms. The Labute approximate surface area is 152 Å². The van der Waals surface area contributed by atoms with Crippen LogP contribution in [0.4, 0.5) is 10.6 Å². The number of ether oxygens (including phenoxy) is 1. The Morgan fingerprint density at radius 1 is 1.16 bits per heavy atom. The van der Waals surface area contributed by atoms with Crippen LogP contribution >= 0.6 is 22.4 Å². The minimum atomic E-state index is -3.72. The van der Waals surface area contributed by atoms with Gasteiger partial charge in [-0.1, -0.05) is 11.8 Å². The van der Waals surface area contributed by atoms with Crippen molar-refractivity contribution in [1.29, 1.82) is 0 Å². The van der Waals surface area contributed by atoms with E-state index in [9.17, 15) is 13.2 Å². The van der Waals surface area contributed by atoms with Crippen molar-refractivity contribution >= 4 is 49.1 Å². The van der Waals surface area contributed by atoms with Gasteiger partial charge in [-0.3, -0.25) is 5.32 Å². The highest BCUT2D eigenvalue weighted by atomic mass is 35.7. The van der Waals surface area contributed by atoms with E-state index >= 15 is 0 Å². The highest BCUT2D eigenvalue weighted by Crippen LogP contribution is 2.29. The molecule has 1 N–H and O–H groups in total. The minimum absolute atomic E-state index is 0.0575. The molecule has 130 valence electrons. The molecule has 0 radical (unpaired) electrons.